The van der Waals surface area contributed by atoms with Crippen molar-refractivity contribution in [2.45, 2.75) is 44.6 Å². The lowest BCUT2D eigenvalue weighted by atomic mass is 9.83. The van der Waals surface area contributed by atoms with Crippen LogP contribution in [0.15, 0.2) is 18.7 Å². The Bertz CT molecular complexity index is 452. The second-order valence-corrected chi connectivity index (χ2v) is 5.89. The third-order valence-corrected chi connectivity index (χ3v) is 4.27. The minimum Gasteiger partial charge on any atom is -0.398 e. The van der Waals surface area contributed by atoms with Crippen molar-refractivity contribution in [3.63, 3.8) is 0 Å². The van der Waals surface area contributed by atoms with Gasteiger partial charge in [-0.25, -0.2) is 0 Å². The summed E-state index contributed by atoms with van der Waals surface area (Å²) >= 11 is 6.04. The molecule has 1 aromatic rings. The average Bonchev–Trinajstić information content (AvgIpc) is 2.39. The molecule has 1 aromatic carbocycles. The van der Waals surface area contributed by atoms with Crippen LogP contribution in [0, 0.1) is 5.92 Å². The fourth-order valence-electron chi connectivity index (χ4n) is 3.04. The minimum absolute atomic E-state index is 0.503. The molecule has 0 saturated heterocycles. The van der Waals surface area contributed by atoms with Crippen molar-refractivity contribution in [1.82, 2.24) is 0 Å². The Balaban J connectivity index is 2.17. The number of halogens is 1. The van der Waals surface area contributed by atoms with Gasteiger partial charge in [0.15, 0.2) is 0 Å². The maximum atomic E-state index is 10.5. The number of nitrogen functional groups attached to an aromatic ring is 1. The monoisotopic (exact) mass is 279 g/mol. The first kappa shape index (κ1) is 14.4. The van der Waals surface area contributed by atoms with E-state index in [-0.39, 0.29) is 0 Å². The van der Waals surface area contributed by atoms with Crippen LogP contribution < -0.4 is 5.73 Å². The van der Waals surface area contributed by atoms with Gasteiger partial charge in [0.25, 0.3) is 0 Å². The molecule has 0 amide bonds. The second kappa shape index (κ2) is 6.44. The topological polar surface area (TPSA) is 46.2 Å². The van der Waals surface area contributed by atoms with Crippen molar-refractivity contribution in [3.05, 3.63) is 34.9 Å². The molecule has 1 fully saturated rings. The van der Waals surface area contributed by atoms with E-state index in [9.17, 15) is 5.11 Å². The number of aliphatic hydroxyl groups excluding tert-OH is 1. The van der Waals surface area contributed by atoms with Crippen LogP contribution in [0.5, 0.6) is 0 Å². The molecule has 0 spiro atoms. The molecule has 104 valence electrons. The molecule has 1 aliphatic carbocycles. The zero-order valence-electron chi connectivity index (χ0n) is 11.2. The van der Waals surface area contributed by atoms with Crippen LogP contribution in [0.25, 0.3) is 6.08 Å². The van der Waals surface area contributed by atoms with Gasteiger partial charge in [0, 0.05) is 16.3 Å². The van der Waals surface area contributed by atoms with Crippen molar-refractivity contribution in [1.29, 1.82) is 0 Å². The normalized spacial score (nSPS) is 18.2. The van der Waals surface area contributed by atoms with Crippen molar-refractivity contribution in [2.75, 3.05) is 5.73 Å². The zero-order chi connectivity index (χ0) is 13.8. The lowest BCUT2D eigenvalue weighted by molar-refractivity contribution is 0.131. The molecular weight excluding hydrogens is 258 g/mol. The largest absolute Gasteiger partial charge is 0.398 e. The molecule has 0 aliphatic heterocycles. The van der Waals surface area contributed by atoms with E-state index in [1.54, 1.807) is 12.1 Å². The number of hydrogen-bond donors (Lipinski definition) is 2. The first-order valence-electron chi connectivity index (χ1n) is 7.01. The second-order valence-electron chi connectivity index (χ2n) is 5.46. The van der Waals surface area contributed by atoms with Gasteiger partial charge >= 0.3 is 0 Å². The molecule has 0 heterocycles. The van der Waals surface area contributed by atoms with E-state index in [0.29, 0.717) is 16.6 Å². The average molecular weight is 280 g/mol. The van der Waals surface area contributed by atoms with Crippen LogP contribution in [0.2, 0.25) is 5.02 Å². The fraction of sp³-hybridized carbons (Fsp3) is 0.500. The van der Waals surface area contributed by atoms with Crippen molar-refractivity contribution in [2.24, 2.45) is 5.92 Å². The first-order valence-corrected chi connectivity index (χ1v) is 7.39. The van der Waals surface area contributed by atoms with E-state index in [4.69, 9.17) is 17.3 Å². The molecule has 3 heteroatoms. The predicted molar refractivity (Wildman–Crippen MR) is 82.1 cm³/mol. The molecule has 0 radical (unpaired) electrons. The summed E-state index contributed by atoms with van der Waals surface area (Å²) in [6, 6.07) is 3.51. The lowest BCUT2D eigenvalue weighted by Crippen LogP contribution is -2.12. The van der Waals surface area contributed by atoms with Crippen LogP contribution in [-0.4, -0.2) is 5.11 Å². The van der Waals surface area contributed by atoms with Crippen molar-refractivity contribution in [3.8, 4) is 0 Å². The fourth-order valence-corrected chi connectivity index (χ4v) is 3.27. The number of nitrogens with two attached hydrogens (primary N) is 1. The van der Waals surface area contributed by atoms with Gasteiger partial charge in [-0.15, -0.1) is 0 Å². The van der Waals surface area contributed by atoms with E-state index in [0.717, 1.165) is 17.5 Å². The SMILES string of the molecule is C=Cc1c(N)cc(Cl)cc1C(O)CC1CCCCC1. The Morgan fingerprint density at radius 2 is 2.05 bits per heavy atom. The van der Waals surface area contributed by atoms with E-state index < -0.39 is 6.10 Å². The smallest absolute Gasteiger partial charge is 0.0799 e. The summed E-state index contributed by atoms with van der Waals surface area (Å²) in [6.07, 6.45) is 8.32. The summed E-state index contributed by atoms with van der Waals surface area (Å²) in [5.74, 6) is 0.613. The minimum atomic E-state index is -0.503. The van der Waals surface area contributed by atoms with Crippen LogP contribution in [0.4, 0.5) is 5.69 Å². The number of benzene rings is 1. The predicted octanol–water partition coefficient (Wildman–Crippen LogP) is 4.57. The Kier molecular flexibility index (Phi) is 4.89. The van der Waals surface area contributed by atoms with Gasteiger partial charge in [0.2, 0.25) is 0 Å². The first-order chi connectivity index (χ1) is 9.11. The Hall–Kier alpha value is -0.990. The van der Waals surface area contributed by atoms with Crippen LogP contribution in [0.3, 0.4) is 0 Å². The van der Waals surface area contributed by atoms with E-state index >= 15 is 0 Å². The molecule has 3 N–H and O–H groups in total. The summed E-state index contributed by atoms with van der Waals surface area (Å²) in [7, 11) is 0. The van der Waals surface area contributed by atoms with Crippen molar-refractivity contribution >= 4 is 23.4 Å². The molecule has 1 atom stereocenters. The molecule has 1 unspecified atom stereocenters. The van der Waals surface area contributed by atoms with Gasteiger partial charge < -0.3 is 10.8 Å². The number of hydrogen-bond acceptors (Lipinski definition) is 2. The Morgan fingerprint density at radius 1 is 1.37 bits per heavy atom. The van der Waals surface area contributed by atoms with Crippen LogP contribution in [-0.2, 0) is 0 Å². The highest BCUT2D eigenvalue weighted by molar-refractivity contribution is 6.31. The molecule has 1 saturated carbocycles. The Morgan fingerprint density at radius 3 is 2.68 bits per heavy atom. The molecule has 0 bridgehead atoms. The zero-order valence-corrected chi connectivity index (χ0v) is 12.0. The summed E-state index contributed by atoms with van der Waals surface area (Å²) in [6.45, 7) is 3.78. The van der Waals surface area contributed by atoms with Gasteiger partial charge in [-0.1, -0.05) is 56.4 Å². The van der Waals surface area contributed by atoms with Gasteiger partial charge in [0.05, 0.1) is 6.10 Å². The molecule has 2 nitrogen and oxygen atoms in total. The summed E-state index contributed by atoms with van der Waals surface area (Å²) < 4.78 is 0. The van der Waals surface area contributed by atoms with Crippen LogP contribution >= 0.6 is 11.6 Å². The Labute approximate surface area is 120 Å². The van der Waals surface area contributed by atoms with Gasteiger partial charge in [-0.3, -0.25) is 0 Å². The van der Waals surface area contributed by atoms with Gasteiger partial charge in [-0.2, -0.15) is 0 Å². The highest BCUT2D eigenvalue weighted by Gasteiger charge is 2.21. The van der Waals surface area contributed by atoms with Crippen molar-refractivity contribution < 1.29 is 5.11 Å². The summed E-state index contributed by atoms with van der Waals surface area (Å²) in [4.78, 5) is 0. The maximum Gasteiger partial charge on any atom is 0.0799 e. The number of rotatable bonds is 4. The quantitative estimate of drug-likeness (QED) is 0.793. The third-order valence-electron chi connectivity index (χ3n) is 4.05. The standard InChI is InChI=1S/C16H22ClNO/c1-2-13-14(9-12(17)10-15(13)18)16(19)8-11-6-4-3-5-7-11/h2,9-11,16,19H,1,3-8,18H2. The maximum absolute atomic E-state index is 10.5. The molecule has 19 heavy (non-hydrogen) atoms. The number of aliphatic hydroxyl groups is 1. The lowest BCUT2D eigenvalue weighted by Gasteiger charge is -2.25. The van der Waals surface area contributed by atoms with Crippen LogP contribution in [0.1, 0.15) is 55.8 Å². The summed E-state index contributed by atoms with van der Waals surface area (Å²) in [5.41, 5.74) is 8.14. The molecule has 1 aliphatic rings. The summed E-state index contributed by atoms with van der Waals surface area (Å²) in [5, 5.41) is 11.0. The molecule has 2 rings (SSSR count). The third kappa shape index (κ3) is 3.52. The van der Waals surface area contributed by atoms with E-state index in [1.165, 1.54) is 32.1 Å². The molecular formula is C16H22ClNO. The van der Waals surface area contributed by atoms with E-state index in [2.05, 4.69) is 6.58 Å². The molecule has 0 aromatic heterocycles. The number of anilines is 1. The van der Waals surface area contributed by atoms with Gasteiger partial charge in [0.1, 0.15) is 0 Å². The van der Waals surface area contributed by atoms with E-state index in [1.807, 2.05) is 6.07 Å². The highest BCUT2D eigenvalue weighted by atomic mass is 35.5. The highest BCUT2D eigenvalue weighted by Crippen LogP contribution is 2.35. The van der Waals surface area contributed by atoms with Gasteiger partial charge in [-0.05, 0) is 30.0 Å².